The topological polar surface area (TPSA) is 147 Å². The van der Waals surface area contributed by atoms with Crippen molar-refractivity contribution in [1.29, 1.82) is 5.26 Å². The van der Waals surface area contributed by atoms with E-state index in [0.717, 1.165) is 0 Å². The molecule has 0 aliphatic heterocycles. The molecule has 0 fully saturated rings. The van der Waals surface area contributed by atoms with Crippen LogP contribution in [0.1, 0.15) is 17.2 Å². The van der Waals surface area contributed by atoms with Crippen molar-refractivity contribution in [1.82, 2.24) is 0 Å². The summed E-state index contributed by atoms with van der Waals surface area (Å²) in [5.74, 6) is -0.407. The Labute approximate surface area is 202 Å². The minimum Gasteiger partial charge on any atom is -0.508 e. The van der Waals surface area contributed by atoms with E-state index in [1.165, 1.54) is 31.4 Å². The lowest BCUT2D eigenvalue weighted by atomic mass is 10.0. The van der Waals surface area contributed by atoms with Gasteiger partial charge in [-0.05, 0) is 60.2 Å². The summed E-state index contributed by atoms with van der Waals surface area (Å²) < 4.78 is 11.1. The number of para-hydroxylation sites is 2. The van der Waals surface area contributed by atoms with E-state index in [1.807, 2.05) is 6.07 Å². The molecule has 9 nitrogen and oxygen atoms in total. The first kappa shape index (κ1) is 24.8. The largest absolute Gasteiger partial charge is 0.508 e. The lowest BCUT2D eigenvalue weighted by Gasteiger charge is -2.24. The zero-order valence-electron chi connectivity index (χ0n) is 18.8. The number of benzene rings is 3. The van der Waals surface area contributed by atoms with E-state index >= 15 is 0 Å². The van der Waals surface area contributed by atoms with E-state index in [-0.39, 0.29) is 5.75 Å². The number of nitrogens with two attached hydrogens (primary N) is 1. The molecule has 0 spiro atoms. The van der Waals surface area contributed by atoms with Gasteiger partial charge < -0.3 is 25.6 Å². The Hall–Kier alpha value is -4.81. The lowest BCUT2D eigenvalue weighted by Crippen LogP contribution is -2.27. The Morgan fingerprint density at radius 3 is 2.34 bits per heavy atom. The van der Waals surface area contributed by atoms with Crippen molar-refractivity contribution in [2.75, 3.05) is 23.5 Å². The lowest BCUT2D eigenvalue weighted by molar-refractivity contribution is -0.112. The maximum absolute atomic E-state index is 12.6. The number of rotatable bonds is 8. The highest BCUT2D eigenvalue weighted by atomic mass is 16.6. The maximum Gasteiger partial charge on any atom is 0.412 e. The number of hydrogen-bond acceptors (Lipinski definition) is 7. The smallest absolute Gasteiger partial charge is 0.412 e. The van der Waals surface area contributed by atoms with Crippen molar-refractivity contribution in [2.24, 2.45) is 0 Å². The van der Waals surface area contributed by atoms with Crippen LogP contribution in [0.5, 0.6) is 5.75 Å². The van der Waals surface area contributed by atoms with Gasteiger partial charge in [0.15, 0.2) is 6.10 Å². The number of amides is 2. The number of aromatic hydroxyl groups is 1. The minimum atomic E-state index is -0.954. The normalized spacial score (nSPS) is 12.3. The van der Waals surface area contributed by atoms with Crippen LogP contribution in [0.3, 0.4) is 0 Å². The quantitative estimate of drug-likeness (QED) is 0.281. The SMILES string of the molecule is CO[C@H](/C=C/C(=O)Nc1ccccc1N)[C@H](OC(=O)Nc1ccc(C#N)cc1)c1ccc(O)cc1. The van der Waals surface area contributed by atoms with Gasteiger partial charge in [0.1, 0.15) is 11.9 Å². The van der Waals surface area contributed by atoms with Crippen LogP contribution < -0.4 is 16.4 Å². The molecule has 2 atom stereocenters. The average Bonchev–Trinajstić information content (AvgIpc) is 2.86. The zero-order chi connectivity index (χ0) is 25.2. The molecular formula is C26H24N4O5. The summed E-state index contributed by atoms with van der Waals surface area (Å²) in [6.07, 6.45) is 0.149. The van der Waals surface area contributed by atoms with E-state index in [0.29, 0.717) is 28.2 Å². The summed E-state index contributed by atoms with van der Waals surface area (Å²) in [5.41, 5.74) is 8.15. The highest BCUT2D eigenvalue weighted by molar-refractivity contribution is 6.01. The molecule has 2 amide bonds. The molecule has 0 aliphatic carbocycles. The highest BCUT2D eigenvalue weighted by Crippen LogP contribution is 2.27. The molecule has 5 N–H and O–H groups in total. The van der Waals surface area contributed by atoms with E-state index in [9.17, 15) is 14.7 Å². The predicted molar refractivity (Wildman–Crippen MR) is 132 cm³/mol. The van der Waals surface area contributed by atoms with Crippen molar-refractivity contribution in [3.8, 4) is 11.8 Å². The third kappa shape index (κ3) is 7.08. The van der Waals surface area contributed by atoms with Crippen LogP contribution in [-0.2, 0) is 14.3 Å². The minimum absolute atomic E-state index is 0.0406. The fourth-order valence-corrected chi connectivity index (χ4v) is 3.15. The Morgan fingerprint density at radius 1 is 1.03 bits per heavy atom. The van der Waals surface area contributed by atoms with Gasteiger partial charge in [-0.1, -0.05) is 24.3 Å². The van der Waals surface area contributed by atoms with Crippen LogP contribution in [0.25, 0.3) is 0 Å². The second-order valence-corrected chi connectivity index (χ2v) is 7.37. The van der Waals surface area contributed by atoms with Crippen LogP contribution in [-0.4, -0.2) is 30.3 Å². The van der Waals surface area contributed by atoms with E-state index in [4.69, 9.17) is 20.5 Å². The maximum atomic E-state index is 12.6. The molecule has 0 aromatic heterocycles. The monoisotopic (exact) mass is 472 g/mol. The van der Waals surface area contributed by atoms with Crippen LogP contribution >= 0.6 is 0 Å². The second kappa shape index (κ2) is 11.9. The van der Waals surface area contributed by atoms with Gasteiger partial charge in [-0.15, -0.1) is 0 Å². The Balaban J connectivity index is 1.77. The van der Waals surface area contributed by atoms with Gasteiger partial charge in [0.25, 0.3) is 0 Å². The van der Waals surface area contributed by atoms with Gasteiger partial charge in [0.05, 0.1) is 23.0 Å². The number of carbonyl (C=O) groups excluding carboxylic acids is 2. The van der Waals surface area contributed by atoms with Gasteiger partial charge in [-0.2, -0.15) is 5.26 Å². The molecule has 0 heterocycles. The van der Waals surface area contributed by atoms with Crippen LogP contribution in [0, 0.1) is 11.3 Å². The molecular weight excluding hydrogens is 448 g/mol. The number of methoxy groups -OCH3 is 1. The van der Waals surface area contributed by atoms with Crippen molar-refractivity contribution in [3.05, 3.63) is 96.1 Å². The zero-order valence-corrected chi connectivity index (χ0v) is 18.8. The van der Waals surface area contributed by atoms with Crippen molar-refractivity contribution >= 4 is 29.1 Å². The third-order valence-electron chi connectivity index (χ3n) is 4.94. The third-order valence-corrected chi connectivity index (χ3v) is 4.94. The molecule has 0 bridgehead atoms. The number of nitrogens with one attached hydrogen (secondary N) is 2. The molecule has 0 saturated carbocycles. The number of ether oxygens (including phenoxy) is 2. The standard InChI is InChI=1S/C26H24N4O5/c1-34-23(14-15-24(32)30-22-5-3-2-4-21(22)28)25(18-8-12-20(31)13-9-18)35-26(33)29-19-10-6-17(16-27)7-11-19/h2-15,23,25,31H,28H2,1H3,(H,29,33)(H,30,32)/b15-14+/t23-,25-/m1/s1. The van der Waals surface area contributed by atoms with E-state index in [1.54, 1.807) is 60.7 Å². The van der Waals surface area contributed by atoms with Gasteiger partial charge in [-0.25, -0.2) is 4.79 Å². The van der Waals surface area contributed by atoms with Gasteiger partial charge >= 0.3 is 6.09 Å². The molecule has 9 heteroatoms. The first-order chi connectivity index (χ1) is 16.9. The van der Waals surface area contributed by atoms with Crippen molar-refractivity contribution < 1.29 is 24.2 Å². The number of carbonyl (C=O) groups is 2. The molecule has 0 saturated heterocycles. The first-order valence-corrected chi connectivity index (χ1v) is 10.5. The Morgan fingerprint density at radius 2 is 1.71 bits per heavy atom. The molecule has 178 valence electrons. The van der Waals surface area contributed by atoms with E-state index < -0.39 is 24.2 Å². The second-order valence-electron chi connectivity index (χ2n) is 7.37. The summed E-state index contributed by atoms with van der Waals surface area (Å²) in [7, 11) is 1.41. The number of phenols is 1. The Kier molecular flexibility index (Phi) is 8.43. The van der Waals surface area contributed by atoms with Gasteiger partial charge in [0.2, 0.25) is 5.91 Å². The number of phenolic OH excluding ortho intramolecular Hbond substituents is 1. The molecule has 3 aromatic rings. The van der Waals surface area contributed by atoms with Gasteiger partial charge in [-0.3, -0.25) is 10.1 Å². The van der Waals surface area contributed by atoms with E-state index in [2.05, 4.69) is 10.6 Å². The van der Waals surface area contributed by atoms with Crippen LogP contribution in [0.4, 0.5) is 21.9 Å². The summed E-state index contributed by atoms with van der Waals surface area (Å²) >= 11 is 0. The van der Waals surface area contributed by atoms with Crippen molar-refractivity contribution in [2.45, 2.75) is 12.2 Å². The predicted octanol–water partition coefficient (Wildman–Crippen LogP) is 4.35. The fraction of sp³-hybridized carbons (Fsp3) is 0.115. The molecule has 35 heavy (non-hydrogen) atoms. The van der Waals surface area contributed by atoms with Gasteiger partial charge in [0, 0.05) is 18.9 Å². The fourth-order valence-electron chi connectivity index (χ4n) is 3.15. The summed E-state index contributed by atoms with van der Waals surface area (Å²) in [6.45, 7) is 0. The summed E-state index contributed by atoms with van der Waals surface area (Å²) in [6, 6.07) is 21.2. The average molecular weight is 473 g/mol. The number of nitrogen functional groups attached to an aromatic ring is 1. The highest BCUT2D eigenvalue weighted by Gasteiger charge is 2.26. The number of hydrogen-bond donors (Lipinski definition) is 4. The number of nitrogens with zero attached hydrogens (tertiary/aromatic N) is 1. The molecule has 0 radical (unpaired) electrons. The van der Waals surface area contributed by atoms with Crippen LogP contribution in [0.15, 0.2) is 84.9 Å². The number of nitriles is 1. The summed E-state index contributed by atoms with van der Waals surface area (Å²) in [5, 5.41) is 23.8. The van der Waals surface area contributed by atoms with Crippen LogP contribution in [0.2, 0.25) is 0 Å². The molecule has 0 unspecified atom stereocenters. The molecule has 3 rings (SSSR count). The Bertz CT molecular complexity index is 1230. The number of anilines is 3. The molecule has 3 aromatic carbocycles. The summed E-state index contributed by atoms with van der Waals surface area (Å²) in [4.78, 5) is 25.1. The first-order valence-electron chi connectivity index (χ1n) is 10.5. The van der Waals surface area contributed by atoms with Crippen molar-refractivity contribution in [3.63, 3.8) is 0 Å². The molecule has 0 aliphatic rings.